The number of nitro groups is 1. The molecule has 0 aliphatic carbocycles. The Hall–Kier alpha value is -0.530. The Labute approximate surface area is 95.5 Å². The largest absolute Gasteiger partial charge is 0.388 e. The molecule has 84 valence electrons. The Bertz CT molecular complexity index is 327. The molecule has 1 N–H and O–H groups in total. The van der Waals surface area contributed by atoms with Crippen molar-refractivity contribution < 1.29 is 14.8 Å². The lowest BCUT2D eigenvalue weighted by Crippen LogP contribution is -2.45. The van der Waals surface area contributed by atoms with Crippen LogP contribution in [0.2, 0.25) is 0 Å². The first kappa shape index (κ1) is 12.5. The highest BCUT2D eigenvalue weighted by atomic mass is 32.2. The van der Waals surface area contributed by atoms with Crippen molar-refractivity contribution in [2.24, 2.45) is 0 Å². The maximum Gasteiger partial charge on any atom is 0.254 e. The van der Waals surface area contributed by atoms with E-state index in [9.17, 15) is 20.0 Å². The molecule has 1 fully saturated rings. The Morgan fingerprint density at radius 1 is 1.80 bits per heavy atom. The van der Waals surface area contributed by atoms with E-state index in [0.717, 1.165) is 18.0 Å². The minimum Gasteiger partial charge on any atom is -0.388 e. The zero-order chi connectivity index (χ0) is 11.6. The molecular weight excluding hydrogens is 238 g/mol. The normalized spacial score (nSPS) is 34.1. The van der Waals surface area contributed by atoms with Crippen LogP contribution >= 0.6 is 23.5 Å². The van der Waals surface area contributed by atoms with Crippen LogP contribution in [0.15, 0.2) is 10.4 Å². The van der Waals surface area contributed by atoms with Crippen molar-refractivity contribution in [2.45, 2.75) is 24.7 Å². The first-order chi connectivity index (χ1) is 6.83. The van der Waals surface area contributed by atoms with E-state index in [2.05, 4.69) is 0 Å². The highest BCUT2D eigenvalue weighted by Gasteiger charge is 2.41. The van der Waals surface area contributed by atoms with Gasteiger partial charge >= 0.3 is 0 Å². The molecule has 0 bridgehead atoms. The van der Waals surface area contributed by atoms with E-state index >= 15 is 0 Å². The summed E-state index contributed by atoms with van der Waals surface area (Å²) in [7, 11) is 0. The number of hydrogen-bond acceptors (Lipinski definition) is 6. The minimum atomic E-state index is -1.10. The summed E-state index contributed by atoms with van der Waals surface area (Å²) in [4.78, 5) is 21.0. The molecule has 1 rings (SSSR count). The monoisotopic (exact) mass is 249 g/mol. The molecule has 0 aromatic heterocycles. The molecule has 1 saturated heterocycles. The molecule has 1 aliphatic rings. The second-order valence-corrected chi connectivity index (χ2v) is 5.91. The topological polar surface area (TPSA) is 80.4 Å². The lowest BCUT2D eigenvalue weighted by Gasteiger charge is -2.34. The van der Waals surface area contributed by atoms with Crippen LogP contribution in [0.3, 0.4) is 0 Å². The Morgan fingerprint density at radius 3 is 2.87 bits per heavy atom. The first-order valence-corrected chi connectivity index (χ1v) is 6.07. The minimum absolute atomic E-state index is 0.167. The van der Waals surface area contributed by atoms with Crippen LogP contribution in [0.25, 0.3) is 0 Å². The van der Waals surface area contributed by atoms with Gasteiger partial charge in [-0.15, -0.1) is 11.8 Å². The SMILES string of the molecule is CC(=O)[C@H]1S/C(=C/[N+](=O)[O-])SC[C@@]1(C)O. The number of thioether (sulfide) groups is 2. The lowest BCUT2D eigenvalue weighted by molar-refractivity contribution is -0.402. The van der Waals surface area contributed by atoms with E-state index in [-0.39, 0.29) is 5.78 Å². The molecule has 2 atom stereocenters. The van der Waals surface area contributed by atoms with Crippen molar-refractivity contribution in [3.05, 3.63) is 20.6 Å². The highest BCUT2D eigenvalue weighted by Crippen LogP contribution is 2.44. The Balaban J connectivity index is 2.84. The van der Waals surface area contributed by atoms with Crippen molar-refractivity contribution in [3.8, 4) is 0 Å². The molecule has 0 saturated carbocycles. The van der Waals surface area contributed by atoms with Gasteiger partial charge in [0.05, 0.1) is 15.8 Å². The highest BCUT2D eigenvalue weighted by molar-refractivity contribution is 8.23. The lowest BCUT2D eigenvalue weighted by atomic mass is 10.0. The van der Waals surface area contributed by atoms with Gasteiger partial charge in [-0.05, 0) is 13.8 Å². The molecule has 0 aromatic rings. The number of nitrogens with zero attached hydrogens (tertiary/aromatic N) is 1. The third-order valence-corrected chi connectivity index (χ3v) is 5.06. The van der Waals surface area contributed by atoms with Crippen LogP contribution in [0.5, 0.6) is 0 Å². The zero-order valence-electron chi connectivity index (χ0n) is 8.30. The number of rotatable bonds is 2. The molecule has 7 heteroatoms. The number of Topliss-reactive ketones (excluding diaryl/α,β-unsaturated/α-hetero) is 1. The standard InChI is InChI=1S/C8H11NO4S2/c1-5(10)7-8(2,11)4-14-6(15-7)3-9(12)13/h3,7,11H,4H2,1-2H3/b6-3+/t7-,8-/m1/s1. The van der Waals surface area contributed by atoms with Gasteiger partial charge in [0.15, 0.2) is 0 Å². The van der Waals surface area contributed by atoms with Gasteiger partial charge in [-0.2, -0.15) is 0 Å². The molecule has 0 amide bonds. The fourth-order valence-corrected chi connectivity index (χ4v) is 3.73. The quantitative estimate of drug-likeness (QED) is 0.586. The second-order valence-electron chi connectivity index (χ2n) is 3.49. The average Bonchev–Trinajstić information content (AvgIpc) is 2.06. The Morgan fingerprint density at radius 2 is 2.40 bits per heavy atom. The predicted octanol–water partition coefficient (Wildman–Crippen LogP) is 1.25. The van der Waals surface area contributed by atoms with Crippen LogP contribution in [-0.2, 0) is 4.79 Å². The molecule has 0 radical (unpaired) electrons. The molecule has 5 nitrogen and oxygen atoms in total. The number of aliphatic hydroxyl groups is 1. The molecular formula is C8H11NO4S2. The third kappa shape index (κ3) is 3.22. The molecule has 1 heterocycles. The van der Waals surface area contributed by atoms with Crippen LogP contribution in [-0.4, -0.2) is 32.4 Å². The van der Waals surface area contributed by atoms with Gasteiger partial charge in [-0.25, -0.2) is 0 Å². The second kappa shape index (κ2) is 4.54. The van der Waals surface area contributed by atoms with Crippen LogP contribution < -0.4 is 0 Å². The van der Waals surface area contributed by atoms with E-state index in [1.54, 1.807) is 6.92 Å². The van der Waals surface area contributed by atoms with Crippen molar-refractivity contribution in [1.29, 1.82) is 0 Å². The van der Waals surface area contributed by atoms with Gasteiger partial charge in [-0.3, -0.25) is 14.9 Å². The van der Waals surface area contributed by atoms with Crippen LogP contribution in [0, 0.1) is 10.1 Å². The molecule has 15 heavy (non-hydrogen) atoms. The summed E-state index contributed by atoms with van der Waals surface area (Å²) in [6.07, 6.45) is 0.876. The van der Waals surface area contributed by atoms with Gasteiger partial charge < -0.3 is 5.11 Å². The smallest absolute Gasteiger partial charge is 0.254 e. The zero-order valence-corrected chi connectivity index (χ0v) is 9.93. The van der Waals surface area contributed by atoms with Crippen molar-refractivity contribution in [2.75, 3.05) is 5.75 Å². The van der Waals surface area contributed by atoms with E-state index in [0.29, 0.717) is 9.99 Å². The van der Waals surface area contributed by atoms with Crippen molar-refractivity contribution in [1.82, 2.24) is 0 Å². The summed E-state index contributed by atoms with van der Waals surface area (Å²) in [5.41, 5.74) is -1.10. The maximum atomic E-state index is 11.3. The Kier molecular flexibility index (Phi) is 3.80. The summed E-state index contributed by atoms with van der Waals surface area (Å²) in [6.45, 7) is 2.95. The summed E-state index contributed by atoms with van der Waals surface area (Å²) < 4.78 is 0.465. The summed E-state index contributed by atoms with van der Waals surface area (Å²) in [5, 5.41) is 19.5. The van der Waals surface area contributed by atoms with Gasteiger partial charge in [0.2, 0.25) is 0 Å². The van der Waals surface area contributed by atoms with Gasteiger partial charge in [0, 0.05) is 5.75 Å². The molecule has 1 aliphatic heterocycles. The fraction of sp³-hybridized carbons (Fsp3) is 0.625. The van der Waals surface area contributed by atoms with Gasteiger partial charge in [0.1, 0.15) is 10.0 Å². The number of ketones is 1. The van der Waals surface area contributed by atoms with Crippen molar-refractivity contribution >= 4 is 29.3 Å². The molecule has 0 spiro atoms. The predicted molar refractivity (Wildman–Crippen MR) is 60.2 cm³/mol. The van der Waals surface area contributed by atoms with Crippen LogP contribution in [0.4, 0.5) is 0 Å². The maximum absolute atomic E-state index is 11.3. The van der Waals surface area contributed by atoms with E-state index in [1.165, 1.54) is 18.7 Å². The summed E-state index contributed by atoms with van der Waals surface area (Å²) in [5.74, 6) is 0.128. The van der Waals surface area contributed by atoms with E-state index in [1.807, 2.05) is 0 Å². The van der Waals surface area contributed by atoms with Crippen LogP contribution in [0.1, 0.15) is 13.8 Å². The fourth-order valence-electron chi connectivity index (χ4n) is 1.24. The summed E-state index contributed by atoms with van der Waals surface area (Å²) >= 11 is 2.26. The molecule has 0 aromatic carbocycles. The average molecular weight is 249 g/mol. The van der Waals surface area contributed by atoms with Gasteiger partial charge in [-0.1, -0.05) is 11.8 Å². The van der Waals surface area contributed by atoms with Gasteiger partial charge in [0.25, 0.3) is 6.20 Å². The van der Waals surface area contributed by atoms with Crippen molar-refractivity contribution in [3.63, 3.8) is 0 Å². The third-order valence-electron chi connectivity index (χ3n) is 1.89. The number of carbonyl (C=O) groups is 1. The number of hydrogen-bond donors (Lipinski definition) is 1. The molecule has 0 unspecified atom stereocenters. The number of carbonyl (C=O) groups excluding carboxylic acids is 1. The summed E-state index contributed by atoms with van der Waals surface area (Å²) in [6, 6.07) is 0. The first-order valence-electron chi connectivity index (χ1n) is 4.20. The van der Waals surface area contributed by atoms with E-state index in [4.69, 9.17) is 0 Å². The van der Waals surface area contributed by atoms with E-state index < -0.39 is 15.8 Å².